The molecule has 0 fully saturated rings. The van der Waals surface area contributed by atoms with Crippen LogP contribution >= 0.6 is 0 Å². The second-order valence-corrected chi connectivity index (χ2v) is 4.47. The predicted molar refractivity (Wildman–Crippen MR) is 81.2 cm³/mol. The molecule has 121 valence electrons. The van der Waals surface area contributed by atoms with Gasteiger partial charge in [0.25, 0.3) is 0 Å². The summed E-state index contributed by atoms with van der Waals surface area (Å²) in [7, 11) is 0. The Morgan fingerprint density at radius 3 is 2.30 bits per heavy atom. The molecule has 6 heteroatoms. The summed E-state index contributed by atoms with van der Waals surface area (Å²) in [5.74, 6) is -1.30. The predicted octanol–water partition coefficient (Wildman–Crippen LogP) is 4.04. The van der Waals surface area contributed by atoms with Crippen LogP contribution in [0.4, 0.5) is 8.78 Å². The van der Waals surface area contributed by atoms with E-state index in [9.17, 15) is 8.78 Å². The number of rotatable bonds is 1. The molecule has 0 saturated carbocycles. The van der Waals surface area contributed by atoms with Crippen molar-refractivity contribution in [2.45, 2.75) is 6.92 Å². The summed E-state index contributed by atoms with van der Waals surface area (Å²) in [6, 6.07) is 14.0. The van der Waals surface area contributed by atoms with Crippen molar-refractivity contribution < 1.29 is 38.8 Å². The van der Waals surface area contributed by atoms with Gasteiger partial charge in [0.05, 0.1) is 13.1 Å². The molecule has 0 aliphatic heterocycles. The Morgan fingerprint density at radius 2 is 1.74 bits per heavy atom. The Hall–Kier alpha value is -2.17. The van der Waals surface area contributed by atoms with Crippen LogP contribution in [0.5, 0.6) is 0 Å². The van der Waals surface area contributed by atoms with Gasteiger partial charge in [0.15, 0.2) is 0 Å². The van der Waals surface area contributed by atoms with Crippen LogP contribution in [0.15, 0.2) is 48.7 Å². The second kappa shape index (κ2) is 8.46. The molecule has 0 aliphatic rings. The Kier molecular flexibility index (Phi) is 6.94. The smallest absolute Gasteiger partial charge is 0.339 e. The van der Waals surface area contributed by atoms with Gasteiger partial charge < -0.3 is 14.9 Å². The van der Waals surface area contributed by atoms with Gasteiger partial charge in [-0.25, -0.2) is 4.39 Å². The maximum Gasteiger partial charge on any atom is 0.477 e. The number of aliphatic carboxylic acids is 1. The maximum absolute atomic E-state index is 13.6. The number of benzene rings is 2. The van der Waals surface area contributed by atoms with E-state index in [4.69, 9.17) is 9.90 Å². The van der Waals surface area contributed by atoms with Gasteiger partial charge in [0.2, 0.25) is 0 Å². The third-order valence-electron chi connectivity index (χ3n) is 2.78. The molecule has 3 aromatic rings. The second-order valence-electron chi connectivity index (χ2n) is 4.47. The first-order chi connectivity index (χ1) is 10.5. The van der Waals surface area contributed by atoms with Crippen LogP contribution in [0.3, 0.4) is 0 Å². The van der Waals surface area contributed by atoms with E-state index in [-0.39, 0.29) is 31.7 Å². The standard InChI is InChI=1S/C15H8F2N.C2H4O2.Ir/c16-11-7-5-10(6-8-11)15-13-4-2-1-3-12(13)14(17)9-18-15;1-2(3)4;/h1-5,7-9H;1H3,(H,3,4);/q-1;;/p+1. The van der Waals surface area contributed by atoms with E-state index < -0.39 is 5.97 Å². The summed E-state index contributed by atoms with van der Waals surface area (Å²) < 4.78 is 26.5. The molecule has 0 spiro atoms. The average Bonchev–Trinajstić information content (AvgIpc) is 2.49. The van der Waals surface area contributed by atoms with Gasteiger partial charge in [-0.1, -0.05) is 24.3 Å². The van der Waals surface area contributed by atoms with Gasteiger partial charge >= 0.3 is 5.97 Å². The Bertz CT molecular complexity index is 803. The average molecular weight is 494 g/mol. The molecule has 0 unspecified atom stereocenters. The Balaban J connectivity index is 0.000000478. The SMILES string of the molecule is CC(O)=[OH+].Fc1c[c-]c(-c2ncc(F)c3ccccc23)cc1.[Ir]. The summed E-state index contributed by atoms with van der Waals surface area (Å²) in [6.07, 6.45) is 1.18. The van der Waals surface area contributed by atoms with Crippen molar-refractivity contribution in [3.8, 4) is 11.3 Å². The number of carboxylic acids is 1. The van der Waals surface area contributed by atoms with Crippen molar-refractivity contribution in [1.29, 1.82) is 0 Å². The third kappa shape index (κ3) is 4.91. The number of pyridine rings is 1. The van der Waals surface area contributed by atoms with Crippen molar-refractivity contribution in [3.05, 3.63) is 66.4 Å². The van der Waals surface area contributed by atoms with Gasteiger partial charge in [-0.3, -0.25) is 4.39 Å². The fourth-order valence-corrected chi connectivity index (χ4v) is 1.93. The quantitative estimate of drug-likeness (QED) is 0.411. The summed E-state index contributed by atoms with van der Waals surface area (Å²) in [5.41, 5.74) is 1.25. The molecule has 0 aliphatic carbocycles. The monoisotopic (exact) mass is 494 g/mol. The first-order valence-corrected chi connectivity index (χ1v) is 6.41. The van der Waals surface area contributed by atoms with Crippen molar-refractivity contribution in [1.82, 2.24) is 4.98 Å². The molecular formula is C17H13F2IrNO2. The number of hydrogen-bond donors (Lipinski definition) is 1. The number of hydrogen-bond acceptors (Lipinski definition) is 1. The normalized spacial score (nSPS) is 9.52. The van der Waals surface area contributed by atoms with Crippen LogP contribution in [0.25, 0.3) is 22.0 Å². The first-order valence-electron chi connectivity index (χ1n) is 6.41. The molecule has 3 rings (SSSR count). The van der Waals surface area contributed by atoms with Crippen LogP contribution < -0.4 is 0 Å². The van der Waals surface area contributed by atoms with E-state index in [0.717, 1.165) is 0 Å². The van der Waals surface area contributed by atoms with Gasteiger partial charge in [-0.2, -0.15) is 0 Å². The fraction of sp³-hybridized carbons (Fsp3) is 0.0588. The Labute approximate surface area is 145 Å². The van der Waals surface area contributed by atoms with E-state index in [1.54, 1.807) is 24.3 Å². The zero-order valence-corrected chi connectivity index (χ0v) is 14.4. The van der Waals surface area contributed by atoms with E-state index in [0.29, 0.717) is 22.0 Å². The largest absolute Gasteiger partial charge is 0.477 e. The molecule has 3 nitrogen and oxygen atoms in total. The van der Waals surface area contributed by atoms with Gasteiger partial charge in [-0.05, 0) is 11.1 Å². The number of fused-ring (bicyclic) bond motifs is 1. The zero-order chi connectivity index (χ0) is 16.1. The minimum Gasteiger partial charge on any atom is -0.339 e. The van der Waals surface area contributed by atoms with Crippen LogP contribution in [0, 0.1) is 17.7 Å². The minimum absolute atomic E-state index is 0. The summed E-state index contributed by atoms with van der Waals surface area (Å²) in [4.78, 5) is 11.6. The first kappa shape index (κ1) is 18.9. The number of carboxylic acid groups (broad SMARTS) is 1. The number of nitrogens with zero attached hydrogens (tertiary/aromatic N) is 1. The molecular weight excluding hydrogens is 480 g/mol. The topological polar surface area (TPSA) is 54.5 Å². The molecule has 1 radical (unpaired) electrons. The van der Waals surface area contributed by atoms with Crippen molar-refractivity contribution >= 4 is 16.7 Å². The summed E-state index contributed by atoms with van der Waals surface area (Å²) in [6.45, 7) is 1.19. The van der Waals surface area contributed by atoms with E-state index in [1.165, 1.54) is 25.3 Å². The summed E-state index contributed by atoms with van der Waals surface area (Å²) >= 11 is 0. The molecule has 0 saturated heterocycles. The number of halogens is 2. The molecule has 0 bridgehead atoms. The van der Waals surface area contributed by atoms with E-state index in [1.807, 2.05) is 6.07 Å². The fourth-order valence-electron chi connectivity index (χ4n) is 1.93. The van der Waals surface area contributed by atoms with E-state index >= 15 is 0 Å². The van der Waals surface area contributed by atoms with Crippen molar-refractivity contribution in [2.24, 2.45) is 0 Å². The summed E-state index contributed by atoms with van der Waals surface area (Å²) in [5, 5.41) is 8.72. The van der Waals surface area contributed by atoms with Crippen molar-refractivity contribution in [3.63, 3.8) is 0 Å². The molecule has 0 atom stereocenters. The zero-order valence-electron chi connectivity index (χ0n) is 12.0. The molecule has 2 aromatic carbocycles. The Morgan fingerprint density at radius 1 is 1.13 bits per heavy atom. The third-order valence-corrected chi connectivity index (χ3v) is 2.78. The molecule has 1 aromatic heterocycles. The van der Waals surface area contributed by atoms with Crippen LogP contribution in [-0.4, -0.2) is 20.9 Å². The van der Waals surface area contributed by atoms with Gasteiger partial charge in [0.1, 0.15) is 5.82 Å². The molecule has 1 heterocycles. The van der Waals surface area contributed by atoms with Crippen LogP contribution in [0.1, 0.15) is 6.92 Å². The maximum atomic E-state index is 13.6. The molecule has 0 amide bonds. The van der Waals surface area contributed by atoms with Crippen molar-refractivity contribution in [2.75, 3.05) is 0 Å². The number of aromatic nitrogens is 1. The molecule has 23 heavy (non-hydrogen) atoms. The van der Waals surface area contributed by atoms with E-state index in [2.05, 4.69) is 11.1 Å². The van der Waals surface area contributed by atoms with Crippen LogP contribution in [-0.2, 0) is 20.1 Å². The number of aliphatic hydroxyl groups excluding tert-OH is 1. The molecule has 2 N–H and O–H groups in total. The minimum atomic E-state index is -0.583. The van der Waals surface area contributed by atoms with Crippen LogP contribution in [0.2, 0.25) is 0 Å². The van der Waals surface area contributed by atoms with Gasteiger partial charge in [-0.15, -0.1) is 29.8 Å². The van der Waals surface area contributed by atoms with Gasteiger partial charge in [0, 0.05) is 31.3 Å².